The van der Waals surface area contributed by atoms with Crippen LogP contribution in [0.15, 0.2) is 53.2 Å². The van der Waals surface area contributed by atoms with Gasteiger partial charge < -0.3 is 19.8 Å². The van der Waals surface area contributed by atoms with Crippen LogP contribution in [0.2, 0.25) is 0 Å². The molecule has 2 amide bonds. The summed E-state index contributed by atoms with van der Waals surface area (Å²) in [6, 6.07) is 10.7. The molecule has 2 aromatic carbocycles. The van der Waals surface area contributed by atoms with Crippen molar-refractivity contribution < 1.29 is 18.7 Å². The second-order valence-corrected chi connectivity index (χ2v) is 6.54. The summed E-state index contributed by atoms with van der Waals surface area (Å²) in [5, 5.41) is 6.48. The fraction of sp³-hybridized carbons (Fsp3) is 0.182. The Bertz CT molecular complexity index is 1060. The average molecular weight is 378 g/mol. The van der Waals surface area contributed by atoms with Crippen LogP contribution in [0.4, 0.5) is 11.4 Å². The smallest absolute Gasteiger partial charge is 0.248 e. The minimum atomic E-state index is -0.254. The van der Waals surface area contributed by atoms with Crippen LogP contribution in [0.3, 0.4) is 0 Å². The molecule has 1 aromatic heterocycles. The lowest BCUT2D eigenvalue weighted by Gasteiger charge is -2.10. The zero-order valence-corrected chi connectivity index (χ0v) is 16.3. The lowest BCUT2D eigenvalue weighted by Crippen LogP contribution is -2.09. The molecule has 28 heavy (non-hydrogen) atoms. The van der Waals surface area contributed by atoms with Crippen molar-refractivity contribution in [2.45, 2.75) is 20.8 Å². The molecule has 0 aliphatic heterocycles. The second kappa shape index (κ2) is 8.00. The van der Waals surface area contributed by atoms with Crippen LogP contribution in [0.1, 0.15) is 25.0 Å². The van der Waals surface area contributed by atoms with Crippen LogP contribution in [-0.2, 0) is 9.59 Å². The van der Waals surface area contributed by atoms with Gasteiger partial charge in [-0.15, -0.1) is 0 Å². The van der Waals surface area contributed by atoms with Gasteiger partial charge in [0.25, 0.3) is 0 Å². The van der Waals surface area contributed by atoms with E-state index in [0.29, 0.717) is 17.1 Å². The van der Waals surface area contributed by atoms with Crippen molar-refractivity contribution in [2.75, 3.05) is 17.7 Å². The Morgan fingerprint density at radius 3 is 2.29 bits per heavy atom. The molecule has 1 heterocycles. The molecule has 0 radical (unpaired) electrons. The van der Waals surface area contributed by atoms with Gasteiger partial charge >= 0.3 is 0 Å². The molecule has 3 aromatic rings. The molecule has 144 valence electrons. The number of methoxy groups -OCH3 is 1. The number of ether oxygens (including phenoxy) is 1. The van der Waals surface area contributed by atoms with Gasteiger partial charge in [0.15, 0.2) is 0 Å². The topological polar surface area (TPSA) is 80.6 Å². The van der Waals surface area contributed by atoms with Crippen molar-refractivity contribution in [3.63, 3.8) is 0 Å². The van der Waals surface area contributed by atoms with E-state index in [1.807, 2.05) is 26.0 Å². The van der Waals surface area contributed by atoms with Gasteiger partial charge in [-0.05, 0) is 55.3 Å². The van der Waals surface area contributed by atoms with Crippen molar-refractivity contribution in [1.82, 2.24) is 0 Å². The van der Waals surface area contributed by atoms with E-state index in [2.05, 4.69) is 10.6 Å². The molecule has 0 fully saturated rings. The Morgan fingerprint density at radius 2 is 1.68 bits per heavy atom. The van der Waals surface area contributed by atoms with Crippen LogP contribution < -0.4 is 15.4 Å². The molecule has 0 saturated heterocycles. The van der Waals surface area contributed by atoms with Crippen LogP contribution in [0.25, 0.3) is 16.5 Å². The Balaban J connectivity index is 1.80. The first-order valence-electron chi connectivity index (χ1n) is 8.80. The molecule has 2 N–H and O–H groups in total. The van der Waals surface area contributed by atoms with Crippen molar-refractivity contribution in [1.29, 1.82) is 0 Å². The van der Waals surface area contributed by atoms with Crippen LogP contribution >= 0.6 is 0 Å². The summed E-state index contributed by atoms with van der Waals surface area (Å²) in [5.74, 6) is 0.244. The quantitative estimate of drug-likeness (QED) is 0.628. The number of carbonyl (C=O) groups is 2. The summed E-state index contributed by atoms with van der Waals surface area (Å²) >= 11 is 0. The zero-order valence-electron chi connectivity index (χ0n) is 16.3. The van der Waals surface area contributed by atoms with E-state index >= 15 is 0 Å². The highest BCUT2D eigenvalue weighted by molar-refractivity contribution is 6.04. The summed E-state index contributed by atoms with van der Waals surface area (Å²) in [6.45, 7) is 5.27. The van der Waals surface area contributed by atoms with E-state index in [4.69, 9.17) is 9.15 Å². The number of aryl methyl sites for hydroxylation is 1. The number of nitrogens with one attached hydrogen (secondary N) is 2. The molecule has 0 aliphatic rings. The molecule has 0 unspecified atom stereocenters. The molecular weight excluding hydrogens is 356 g/mol. The van der Waals surface area contributed by atoms with Crippen molar-refractivity contribution in [3.8, 4) is 5.75 Å². The third kappa shape index (κ3) is 4.23. The first kappa shape index (κ1) is 19.2. The molecule has 0 aliphatic carbocycles. The largest absolute Gasteiger partial charge is 0.496 e. The Labute approximate surface area is 163 Å². The van der Waals surface area contributed by atoms with E-state index in [0.717, 1.165) is 27.7 Å². The fourth-order valence-electron chi connectivity index (χ4n) is 2.95. The van der Waals surface area contributed by atoms with Gasteiger partial charge in [0.05, 0.1) is 13.4 Å². The number of anilines is 2. The lowest BCUT2D eigenvalue weighted by molar-refractivity contribution is -0.114. The van der Waals surface area contributed by atoms with Gasteiger partial charge in [-0.1, -0.05) is 0 Å². The van der Waals surface area contributed by atoms with Gasteiger partial charge in [-0.25, -0.2) is 0 Å². The van der Waals surface area contributed by atoms with Gasteiger partial charge in [0, 0.05) is 41.4 Å². The number of furan rings is 1. The molecule has 0 spiro atoms. The molecule has 3 rings (SSSR count). The first-order valence-corrected chi connectivity index (χ1v) is 8.80. The minimum Gasteiger partial charge on any atom is -0.496 e. The van der Waals surface area contributed by atoms with Crippen molar-refractivity contribution in [3.05, 3.63) is 59.9 Å². The van der Waals surface area contributed by atoms with E-state index in [-0.39, 0.29) is 11.8 Å². The van der Waals surface area contributed by atoms with E-state index < -0.39 is 0 Å². The molecule has 0 bridgehead atoms. The SMILES string of the molecule is COc1cc2occ(C)c2cc1/C(C)=C/C(=O)Nc1ccc(NC(C)=O)cc1. The molecule has 6 nitrogen and oxygen atoms in total. The number of benzene rings is 2. The molecule has 0 saturated carbocycles. The Kier molecular flexibility index (Phi) is 5.49. The number of rotatable bonds is 5. The van der Waals surface area contributed by atoms with Crippen LogP contribution in [0, 0.1) is 6.92 Å². The summed E-state index contributed by atoms with van der Waals surface area (Å²) in [7, 11) is 1.59. The third-order valence-corrected chi connectivity index (χ3v) is 4.33. The predicted molar refractivity (Wildman–Crippen MR) is 111 cm³/mol. The Hall–Kier alpha value is -3.54. The van der Waals surface area contributed by atoms with Gasteiger partial charge in [0.2, 0.25) is 11.8 Å². The summed E-state index contributed by atoms with van der Waals surface area (Å²) < 4.78 is 11.0. The van der Waals surface area contributed by atoms with Crippen LogP contribution in [0.5, 0.6) is 5.75 Å². The number of hydrogen-bond acceptors (Lipinski definition) is 4. The molecule has 6 heteroatoms. The van der Waals surface area contributed by atoms with Gasteiger partial charge in [0.1, 0.15) is 11.3 Å². The highest BCUT2D eigenvalue weighted by Crippen LogP contribution is 2.33. The van der Waals surface area contributed by atoms with Gasteiger partial charge in [-0.3, -0.25) is 9.59 Å². The van der Waals surface area contributed by atoms with E-state index in [1.54, 1.807) is 37.6 Å². The first-order chi connectivity index (χ1) is 13.4. The monoisotopic (exact) mass is 378 g/mol. The van der Waals surface area contributed by atoms with E-state index in [1.165, 1.54) is 13.0 Å². The maximum absolute atomic E-state index is 12.4. The Morgan fingerprint density at radius 1 is 1.04 bits per heavy atom. The minimum absolute atomic E-state index is 0.144. The third-order valence-electron chi connectivity index (χ3n) is 4.33. The van der Waals surface area contributed by atoms with E-state index in [9.17, 15) is 9.59 Å². The maximum Gasteiger partial charge on any atom is 0.248 e. The number of fused-ring (bicyclic) bond motifs is 1. The summed E-state index contributed by atoms with van der Waals surface area (Å²) in [5.41, 5.74) is 4.68. The molecular formula is C22H22N2O4. The molecule has 0 atom stereocenters. The number of amides is 2. The van der Waals surface area contributed by atoms with Gasteiger partial charge in [-0.2, -0.15) is 0 Å². The summed E-state index contributed by atoms with van der Waals surface area (Å²) in [4.78, 5) is 23.5. The maximum atomic E-state index is 12.4. The second-order valence-electron chi connectivity index (χ2n) is 6.54. The van der Waals surface area contributed by atoms with Crippen molar-refractivity contribution in [2.24, 2.45) is 0 Å². The number of hydrogen-bond donors (Lipinski definition) is 2. The average Bonchev–Trinajstić information content (AvgIpc) is 3.02. The summed E-state index contributed by atoms with van der Waals surface area (Å²) in [6.07, 6.45) is 3.23. The zero-order chi connectivity index (χ0) is 20.3. The number of carbonyl (C=O) groups excluding carboxylic acids is 2. The highest BCUT2D eigenvalue weighted by Gasteiger charge is 2.12. The lowest BCUT2D eigenvalue weighted by atomic mass is 10.0. The predicted octanol–water partition coefficient (Wildman–Crippen LogP) is 4.75. The standard InChI is InChI=1S/C22H22N2O4/c1-13(18-10-19-14(2)12-28-21(19)11-20(18)27-4)9-22(26)24-17-7-5-16(6-8-17)23-15(3)25/h5-12H,1-4H3,(H,23,25)(H,24,26)/b13-9+. The fourth-order valence-corrected chi connectivity index (χ4v) is 2.95. The van der Waals surface area contributed by atoms with Crippen molar-refractivity contribution >= 4 is 39.7 Å². The highest BCUT2D eigenvalue weighted by atomic mass is 16.5. The number of allylic oxidation sites excluding steroid dienone is 1. The van der Waals surface area contributed by atoms with Crippen LogP contribution in [-0.4, -0.2) is 18.9 Å². The normalized spacial score (nSPS) is 11.4.